The van der Waals surface area contributed by atoms with Gasteiger partial charge in [0, 0.05) is 85.5 Å². The van der Waals surface area contributed by atoms with Crippen molar-refractivity contribution < 1.29 is 0 Å². The molecule has 5 heteroatoms. The van der Waals surface area contributed by atoms with Crippen molar-refractivity contribution in [2.45, 2.75) is 52.9 Å². The quantitative estimate of drug-likeness (QED) is 0.120. The Morgan fingerprint density at radius 2 is 1.11 bits per heavy atom. The number of rotatable bonds is 11. The molecule has 0 radical (unpaired) electrons. The summed E-state index contributed by atoms with van der Waals surface area (Å²) in [6, 6.07) is 86.2. The summed E-state index contributed by atoms with van der Waals surface area (Å²) >= 11 is 3.72. The molecule has 0 saturated carbocycles. The first-order chi connectivity index (χ1) is 40.9. The number of benzene rings is 10. The van der Waals surface area contributed by atoms with E-state index in [1.165, 1.54) is 90.5 Å². The van der Waals surface area contributed by atoms with Crippen LogP contribution in [0.2, 0.25) is 0 Å². The van der Waals surface area contributed by atoms with E-state index in [4.69, 9.17) is 0 Å². The smallest absolute Gasteiger partial charge is 0.0561 e. The molecule has 0 saturated heterocycles. The molecular weight excluding hydrogens is 1040 g/mol. The fraction of sp³-hybridized carbons (Fsp3) is 0.103. The predicted molar refractivity (Wildman–Crippen MR) is 362 cm³/mol. The summed E-state index contributed by atoms with van der Waals surface area (Å²) in [7, 11) is 0. The number of thiophene rings is 2. The Hall–Kier alpha value is -9.26. The summed E-state index contributed by atoms with van der Waals surface area (Å²) in [4.78, 5) is 6.27. The Morgan fingerprint density at radius 1 is 0.446 bits per heavy atom. The maximum Gasteiger partial charge on any atom is 0.0561 e. The highest BCUT2D eigenvalue weighted by Gasteiger charge is 2.36. The van der Waals surface area contributed by atoms with E-state index in [0.29, 0.717) is 0 Å². The lowest BCUT2D eigenvalue weighted by atomic mass is 9.82. The molecular formula is C78H63N3S2. The zero-order valence-corrected chi connectivity index (χ0v) is 49.1. The molecule has 0 amide bonds. The highest BCUT2D eigenvalue weighted by Crippen LogP contribution is 2.53. The van der Waals surface area contributed by atoms with Crippen LogP contribution in [0.3, 0.4) is 0 Å². The molecule has 3 nitrogen and oxygen atoms in total. The van der Waals surface area contributed by atoms with Gasteiger partial charge in [-0.25, -0.2) is 0 Å². The first-order valence-corrected chi connectivity index (χ1v) is 30.8. The van der Waals surface area contributed by atoms with Crippen molar-refractivity contribution in [2.75, 3.05) is 9.80 Å². The molecule has 0 N–H and O–H groups in total. The molecule has 0 aliphatic heterocycles. The van der Waals surface area contributed by atoms with E-state index in [1.54, 1.807) is 0 Å². The highest BCUT2D eigenvalue weighted by molar-refractivity contribution is 7.25. The standard InChI is InChI=1S/C76H57N3S2.C2H6/c1-4-5-8-25-58-44-52-36-39-57(47-74(52)80-58)79-71-46-56(41-43-63(71)65-48-66-64-29-16-20-33-73(64)81-75(66)49-72(65)79)77(53-23-11-7-12-24-53)69-31-18-14-27-61(69)62-28-15-19-32-70(62)78(54-37-34-51(35-38-54)50-21-9-6-10-22-50)55-40-42-60-59-26-13-17-30-67(59)76(2,3)68(60)45-55;1-2/h4-34,36-37,39-49H,35,38H2,1-3H3;1-2H3/b5-4-,25-8-;. The van der Waals surface area contributed by atoms with Gasteiger partial charge in [0.15, 0.2) is 0 Å². The second-order valence-corrected chi connectivity index (χ2v) is 24.1. The molecule has 15 rings (SSSR count). The minimum atomic E-state index is -0.155. The van der Waals surface area contributed by atoms with Crippen LogP contribution in [0.1, 0.15) is 69.0 Å². The third kappa shape index (κ3) is 9.03. The topological polar surface area (TPSA) is 11.4 Å². The van der Waals surface area contributed by atoms with E-state index in [2.05, 4.69) is 302 Å². The van der Waals surface area contributed by atoms with E-state index in [-0.39, 0.29) is 5.41 Å². The zero-order valence-electron chi connectivity index (χ0n) is 47.5. The predicted octanol–water partition coefficient (Wildman–Crippen LogP) is 23.3. The molecule has 13 aromatic rings. The molecule has 402 valence electrons. The van der Waals surface area contributed by atoms with E-state index < -0.39 is 0 Å². The van der Waals surface area contributed by atoms with Crippen molar-refractivity contribution in [2.24, 2.45) is 0 Å². The monoisotopic (exact) mass is 1110 g/mol. The van der Waals surface area contributed by atoms with Crippen LogP contribution in [0.15, 0.2) is 267 Å². The Kier molecular flexibility index (Phi) is 13.5. The average Bonchev–Trinajstić information content (AvgIpc) is 3.01. The molecule has 0 spiro atoms. The molecule has 0 bridgehead atoms. The van der Waals surface area contributed by atoms with Gasteiger partial charge in [-0.15, -0.1) is 22.7 Å². The van der Waals surface area contributed by atoms with Crippen LogP contribution in [0.4, 0.5) is 28.4 Å². The van der Waals surface area contributed by atoms with Crippen molar-refractivity contribution in [1.82, 2.24) is 4.57 Å². The second-order valence-electron chi connectivity index (χ2n) is 21.9. The third-order valence-corrected chi connectivity index (χ3v) is 19.0. The van der Waals surface area contributed by atoms with Gasteiger partial charge in [-0.1, -0.05) is 198 Å². The summed E-state index contributed by atoms with van der Waals surface area (Å²) in [5.74, 6) is 0. The number of hydrogen-bond acceptors (Lipinski definition) is 4. The van der Waals surface area contributed by atoms with Crippen molar-refractivity contribution in [3.05, 3.63) is 288 Å². The molecule has 10 aromatic carbocycles. The fourth-order valence-corrected chi connectivity index (χ4v) is 15.1. The van der Waals surface area contributed by atoms with Gasteiger partial charge in [-0.2, -0.15) is 0 Å². The van der Waals surface area contributed by atoms with Gasteiger partial charge in [0.25, 0.3) is 0 Å². The SMILES string of the molecule is C/C=C\C=C/c1cc2ccc(-n3c4cc(N(c5ccccc5)c5ccccc5-c5ccccc5N(C5=CC=C(c6ccccc6)CC5)c5ccc6c(c5)C(C)(C)c5ccccc5-6)ccc4c4cc5c(cc43)sc3ccccc35)cc2s1.CC. The maximum atomic E-state index is 2.56. The maximum absolute atomic E-state index is 2.56. The average molecular weight is 1110 g/mol. The first kappa shape index (κ1) is 51.9. The van der Waals surface area contributed by atoms with Gasteiger partial charge >= 0.3 is 0 Å². The van der Waals surface area contributed by atoms with Crippen LogP contribution < -0.4 is 9.80 Å². The van der Waals surface area contributed by atoms with Gasteiger partial charge in [0.1, 0.15) is 0 Å². The van der Waals surface area contributed by atoms with Crippen LogP contribution in [0, 0.1) is 0 Å². The summed E-state index contributed by atoms with van der Waals surface area (Å²) < 4.78 is 6.38. The number of aromatic nitrogens is 1. The van der Waals surface area contributed by atoms with Gasteiger partial charge < -0.3 is 14.4 Å². The number of nitrogens with zero attached hydrogens (tertiary/aromatic N) is 3. The van der Waals surface area contributed by atoms with Crippen LogP contribution in [0.5, 0.6) is 0 Å². The molecule has 0 fully saturated rings. The zero-order chi connectivity index (χ0) is 56.2. The van der Waals surface area contributed by atoms with Gasteiger partial charge in [-0.05, 0) is 156 Å². The number of anilines is 5. The van der Waals surface area contributed by atoms with E-state index >= 15 is 0 Å². The molecule has 2 aliphatic rings. The van der Waals surface area contributed by atoms with Gasteiger partial charge in [0.05, 0.1) is 22.4 Å². The van der Waals surface area contributed by atoms with E-state index in [0.717, 1.165) is 63.6 Å². The lowest BCUT2D eigenvalue weighted by Crippen LogP contribution is -2.20. The lowest BCUT2D eigenvalue weighted by molar-refractivity contribution is 0.660. The Balaban J connectivity index is 0.00000304. The number of fused-ring (bicyclic) bond motifs is 10. The summed E-state index contributed by atoms with van der Waals surface area (Å²) in [6.45, 7) is 10.8. The van der Waals surface area contributed by atoms with E-state index in [9.17, 15) is 0 Å². The fourth-order valence-electron chi connectivity index (χ4n) is 13.0. The van der Waals surface area contributed by atoms with Crippen LogP contribution in [-0.4, -0.2) is 4.57 Å². The van der Waals surface area contributed by atoms with Crippen LogP contribution >= 0.6 is 22.7 Å². The minimum absolute atomic E-state index is 0.155. The Bertz CT molecular complexity index is 4750. The molecule has 0 atom stereocenters. The van der Waals surface area contributed by atoms with Crippen molar-refractivity contribution in [3.8, 4) is 27.9 Å². The summed E-state index contributed by atoms with van der Waals surface area (Å²) in [5, 5.41) is 6.33. The molecule has 83 heavy (non-hydrogen) atoms. The Morgan fingerprint density at radius 3 is 1.88 bits per heavy atom. The second kappa shape index (κ2) is 21.6. The minimum Gasteiger partial charge on any atom is -0.314 e. The lowest BCUT2D eigenvalue weighted by Gasteiger charge is -2.34. The largest absolute Gasteiger partial charge is 0.314 e. The summed E-state index contributed by atoms with van der Waals surface area (Å²) in [5.41, 5.74) is 20.5. The van der Waals surface area contributed by atoms with Crippen molar-refractivity contribution >= 4 is 115 Å². The molecule has 3 aromatic heterocycles. The number of allylic oxidation sites excluding steroid dienone is 7. The van der Waals surface area contributed by atoms with Crippen LogP contribution in [0.25, 0.3) is 91.7 Å². The molecule has 0 unspecified atom stereocenters. The number of para-hydroxylation sites is 3. The normalized spacial score (nSPS) is 13.7. The van der Waals surface area contributed by atoms with Crippen molar-refractivity contribution in [3.63, 3.8) is 0 Å². The summed E-state index contributed by atoms with van der Waals surface area (Å²) in [6.07, 6.45) is 15.1. The number of hydrogen-bond donors (Lipinski definition) is 0. The molecule has 2 aliphatic carbocycles. The highest BCUT2D eigenvalue weighted by atomic mass is 32.1. The molecule has 3 heterocycles. The first-order valence-electron chi connectivity index (χ1n) is 29.1. The third-order valence-electron chi connectivity index (χ3n) is 16.8. The van der Waals surface area contributed by atoms with Crippen molar-refractivity contribution in [1.29, 1.82) is 0 Å². The Labute approximate surface area is 495 Å². The van der Waals surface area contributed by atoms with Crippen LogP contribution in [-0.2, 0) is 5.41 Å². The van der Waals surface area contributed by atoms with Gasteiger partial charge in [0.2, 0.25) is 0 Å². The van der Waals surface area contributed by atoms with E-state index in [1.807, 2.05) is 36.5 Å². The van der Waals surface area contributed by atoms with Gasteiger partial charge in [-0.3, -0.25) is 0 Å².